The largest absolute Gasteiger partial charge is 0.377 e. The third-order valence-electron chi connectivity index (χ3n) is 7.77. The highest BCUT2D eigenvalue weighted by Crippen LogP contribution is 2.13. The van der Waals surface area contributed by atoms with Crippen LogP contribution in [0.1, 0.15) is 115 Å². The van der Waals surface area contributed by atoms with Crippen molar-refractivity contribution >= 4 is 27.6 Å². The third kappa shape index (κ3) is 33.0. The van der Waals surface area contributed by atoms with Crippen molar-refractivity contribution in [2.24, 2.45) is 0 Å². The number of ether oxygens (including phenoxy) is 4. The molecule has 296 valence electrons. The predicted octanol–water partition coefficient (Wildman–Crippen LogP) is 2.79. The van der Waals surface area contributed by atoms with E-state index in [1.165, 1.54) is 71.1 Å². The van der Waals surface area contributed by atoms with Crippen molar-refractivity contribution in [3.8, 4) is 0 Å². The number of H-pyrrole nitrogens is 1. The topological polar surface area (TPSA) is 213 Å². The van der Waals surface area contributed by atoms with Crippen molar-refractivity contribution in [3.05, 3.63) is 5.82 Å². The lowest BCUT2D eigenvalue weighted by Gasteiger charge is -2.09. The van der Waals surface area contributed by atoms with Crippen molar-refractivity contribution in [2.45, 2.75) is 116 Å². The number of rotatable bonds is 38. The van der Waals surface area contributed by atoms with Gasteiger partial charge in [0.1, 0.15) is 13.2 Å². The maximum absolute atomic E-state index is 12.2. The van der Waals surface area contributed by atoms with Crippen molar-refractivity contribution < 1.29 is 41.7 Å². The number of carbonyl (C=O) groups is 3. The maximum Gasteiger partial charge on any atom is 0.246 e. The Morgan fingerprint density at radius 3 is 1.67 bits per heavy atom. The zero-order chi connectivity index (χ0) is 37.1. The summed E-state index contributed by atoms with van der Waals surface area (Å²) in [5, 5.41) is 19.4. The van der Waals surface area contributed by atoms with E-state index >= 15 is 0 Å². The van der Waals surface area contributed by atoms with Crippen LogP contribution in [0.15, 0.2) is 0 Å². The van der Waals surface area contributed by atoms with Crippen LogP contribution in [0.3, 0.4) is 0 Å². The first kappa shape index (κ1) is 46.5. The number of aromatic nitrogens is 4. The Hall–Kier alpha value is -2.57. The van der Waals surface area contributed by atoms with E-state index in [9.17, 15) is 22.8 Å². The number of unbranched alkanes of at least 4 members (excludes halogenated alkanes) is 13. The molecule has 0 unspecified atom stereocenters. The molecule has 1 heterocycles. The number of aromatic amines is 1. The van der Waals surface area contributed by atoms with E-state index in [-0.39, 0.29) is 69.2 Å². The molecule has 0 saturated heterocycles. The first-order valence-corrected chi connectivity index (χ1v) is 20.5. The minimum Gasteiger partial charge on any atom is -0.377 e. The molecule has 0 atom stereocenters. The second-order valence-electron chi connectivity index (χ2n) is 12.6. The zero-order valence-corrected chi connectivity index (χ0v) is 31.7. The van der Waals surface area contributed by atoms with E-state index in [2.05, 4.69) is 36.0 Å². The summed E-state index contributed by atoms with van der Waals surface area (Å²) in [7, 11) is -3.39. The molecule has 0 radical (unpaired) electrons. The molecule has 0 spiro atoms. The van der Waals surface area contributed by atoms with Crippen LogP contribution >= 0.6 is 0 Å². The van der Waals surface area contributed by atoms with Crippen molar-refractivity contribution in [3.63, 3.8) is 0 Å². The lowest BCUT2D eigenvalue weighted by molar-refractivity contribution is -0.127. The average molecular weight is 748 g/mol. The second-order valence-corrected chi connectivity index (χ2v) is 14.5. The summed E-state index contributed by atoms with van der Waals surface area (Å²) in [6.07, 6.45) is 18.1. The Labute approximate surface area is 305 Å². The van der Waals surface area contributed by atoms with Gasteiger partial charge < -0.3 is 29.6 Å². The lowest BCUT2D eigenvalue weighted by atomic mass is 10.0. The summed E-state index contributed by atoms with van der Waals surface area (Å²) >= 11 is 0. The van der Waals surface area contributed by atoms with Gasteiger partial charge in [-0.3, -0.25) is 14.4 Å². The summed E-state index contributed by atoms with van der Waals surface area (Å²) in [6.45, 7) is 4.25. The number of hydrogen-bond donors (Lipinski definition) is 4. The monoisotopic (exact) mass is 747 g/mol. The fraction of sp³-hybridized carbons (Fsp3) is 0.882. The van der Waals surface area contributed by atoms with E-state index in [1.54, 1.807) is 0 Å². The molecule has 0 fully saturated rings. The molecule has 16 nitrogen and oxygen atoms in total. The molecule has 4 N–H and O–H groups in total. The quantitative estimate of drug-likeness (QED) is 0.0720. The minimum atomic E-state index is -3.39. The van der Waals surface area contributed by atoms with Crippen LogP contribution in [0.5, 0.6) is 0 Å². The molecule has 0 aliphatic heterocycles. The summed E-state index contributed by atoms with van der Waals surface area (Å²) in [5.41, 5.74) is 0. The van der Waals surface area contributed by atoms with Gasteiger partial charge in [0, 0.05) is 32.5 Å². The van der Waals surface area contributed by atoms with E-state index in [0.717, 1.165) is 37.9 Å². The number of sulfonamides is 1. The van der Waals surface area contributed by atoms with Crippen LogP contribution in [0.2, 0.25) is 0 Å². The van der Waals surface area contributed by atoms with E-state index in [1.807, 2.05) is 0 Å². The molecule has 17 heteroatoms. The first-order valence-electron chi connectivity index (χ1n) is 18.8. The molecule has 0 saturated carbocycles. The van der Waals surface area contributed by atoms with Crippen molar-refractivity contribution in [1.29, 1.82) is 0 Å². The summed E-state index contributed by atoms with van der Waals surface area (Å²) in [5.74, 6) is 0.191. The SMILES string of the molecule is CC(=O)COCCOCCNC(=O)COCCOCCNC(=O)CCCS(=O)(=O)NCCCCCCCCCCCCCCCCc1nn[nH]n1. The van der Waals surface area contributed by atoms with Crippen LogP contribution in [-0.4, -0.2) is 125 Å². The number of nitrogens with zero attached hydrogens (tertiary/aromatic N) is 3. The minimum absolute atomic E-state index is 0.0440. The van der Waals surface area contributed by atoms with Crippen LogP contribution < -0.4 is 15.4 Å². The van der Waals surface area contributed by atoms with Gasteiger partial charge >= 0.3 is 0 Å². The number of carbonyl (C=O) groups excluding carboxylic acids is 3. The summed E-state index contributed by atoms with van der Waals surface area (Å²) in [6, 6.07) is 0. The molecule has 2 amide bonds. The summed E-state index contributed by atoms with van der Waals surface area (Å²) in [4.78, 5) is 34.5. The molecule has 51 heavy (non-hydrogen) atoms. The van der Waals surface area contributed by atoms with Crippen LogP contribution in [0, 0.1) is 0 Å². The first-order chi connectivity index (χ1) is 24.8. The molecule has 0 aliphatic rings. The second kappa shape index (κ2) is 33.3. The third-order valence-corrected chi connectivity index (χ3v) is 9.24. The van der Waals surface area contributed by atoms with Gasteiger partial charge in [0.25, 0.3) is 0 Å². The standard InChI is InChI=1S/C34H65N7O9S/c1-31(42)29-49-26-24-48-23-21-36-34(44)30-50-27-25-47-22-20-35-33(43)18-16-28-51(45,46)37-19-15-13-11-9-7-5-3-2-4-6-8-10-12-14-17-32-38-40-41-39-32/h37H,2-30H2,1H3,(H,35,43)(H,36,44)(H,38,39,40,41). The van der Waals surface area contributed by atoms with Gasteiger partial charge in [-0.1, -0.05) is 82.3 Å². The van der Waals surface area contributed by atoms with Crippen molar-refractivity contribution in [1.82, 2.24) is 36.0 Å². The van der Waals surface area contributed by atoms with Gasteiger partial charge in [-0.15, -0.1) is 10.2 Å². The molecule has 1 aromatic heterocycles. The Kier molecular flexibility index (Phi) is 30.3. The predicted molar refractivity (Wildman–Crippen MR) is 194 cm³/mol. The lowest BCUT2D eigenvalue weighted by Crippen LogP contribution is -2.31. The average Bonchev–Trinajstić information content (AvgIpc) is 3.62. The van der Waals surface area contributed by atoms with Gasteiger partial charge in [-0.2, -0.15) is 5.21 Å². The molecular weight excluding hydrogens is 682 g/mol. The number of amides is 2. The number of aryl methyl sites for hydroxylation is 1. The molecule has 1 aromatic rings. The molecule has 0 bridgehead atoms. The van der Waals surface area contributed by atoms with E-state index in [4.69, 9.17) is 18.9 Å². The van der Waals surface area contributed by atoms with Gasteiger partial charge in [0.2, 0.25) is 21.8 Å². The highest BCUT2D eigenvalue weighted by Gasteiger charge is 2.11. The van der Waals surface area contributed by atoms with Gasteiger partial charge in [0.15, 0.2) is 11.6 Å². The number of nitrogens with one attached hydrogen (secondary N) is 4. The summed E-state index contributed by atoms with van der Waals surface area (Å²) < 4.78 is 48.1. The smallest absolute Gasteiger partial charge is 0.246 e. The molecular formula is C34H65N7O9S. The van der Waals surface area contributed by atoms with Crippen molar-refractivity contribution in [2.75, 3.05) is 78.2 Å². The Morgan fingerprint density at radius 1 is 0.608 bits per heavy atom. The van der Waals surface area contributed by atoms with Crippen LogP contribution in [0.25, 0.3) is 0 Å². The van der Waals surface area contributed by atoms with Crippen LogP contribution in [0.4, 0.5) is 0 Å². The maximum atomic E-state index is 12.2. The van der Waals surface area contributed by atoms with E-state index in [0.29, 0.717) is 39.5 Å². The van der Waals surface area contributed by atoms with Crippen LogP contribution in [-0.2, 0) is 49.8 Å². The fourth-order valence-electron chi connectivity index (χ4n) is 5.03. The number of Topliss-reactive ketones (excluding diaryl/α,β-unsaturated/α-hetero) is 1. The Bertz CT molecular complexity index is 1100. The van der Waals surface area contributed by atoms with E-state index < -0.39 is 10.0 Å². The highest BCUT2D eigenvalue weighted by atomic mass is 32.2. The number of ketones is 1. The Morgan fingerprint density at radius 2 is 1.12 bits per heavy atom. The fourth-order valence-corrected chi connectivity index (χ4v) is 6.15. The Balaban J connectivity index is 1.80. The molecule has 1 rings (SSSR count). The van der Waals surface area contributed by atoms with Gasteiger partial charge in [-0.05, 0) is 26.2 Å². The zero-order valence-electron chi connectivity index (χ0n) is 30.9. The molecule has 0 aromatic carbocycles. The molecule has 0 aliphatic carbocycles. The number of hydrogen-bond acceptors (Lipinski definition) is 12. The number of tetrazole rings is 1. The highest BCUT2D eigenvalue weighted by molar-refractivity contribution is 7.89. The normalized spacial score (nSPS) is 11.5. The van der Waals surface area contributed by atoms with Gasteiger partial charge in [0.05, 0.1) is 45.4 Å². The van der Waals surface area contributed by atoms with Gasteiger partial charge in [-0.25, -0.2) is 13.1 Å².